The van der Waals surface area contributed by atoms with Gasteiger partial charge in [0, 0.05) is 38.2 Å². The Morgan fingerprint density at radius 1 is 1.14 bits per heavy atom. The molecule has 37 heavy (non-hydrogen) atoms. The van der Waals surface area contributed by atoms with Crippen LogP contribution in [0.25, 0.3) is 11.1 Å². The molecule has 0 saturated heterocycles. The fourth-order valence-corrected chi connectivity index (χ4v) is 3.93. The lowest BCUT2D eigenvalue weighted by molar-refractivity contribution is 0.0707. The Morgan fingerprint density at radius 3 is 2.68 bits per heavy atom. The van der Waals surface area contributed by atoms with E-state index in [1.54, 1.807) is 37.5 Å². The summed E-state index contributed by atoms with van der Waals surface area (Å²) >= 11 is 0. The number of allylic oxidation sites excluding steroid dienone is 3. The SMILES string of the molecule is CCN(CCOC)C(=O)c1cc(C2=C/C/C(c3ccccc3OC)=C\NC/N=C\2)ccc1NC(=O)OC. The van der Waals surface area contributed by atoms with Gasteiger partial charge in [0.1, 0.15) is 12.4 Å². The first-order valence-electron chi connectivity index (χ1n) is 12.1. The zero-order valence-corrected chi connectivity index (χ0v) is 21.7. The van der Waals surface area contributed by atoms with Crippen molar-refractivity contribution in [2.24, 2.45) is 4.99 Å². The topological polar surface area (TPSA) is 101 Å². The van der Waals surface area contributed by atoms with Crippen LogP contribution in [0.4, 0.5) is 10.5 Å². The highest BCUT2D eigenvalue weighted by atomic mass is 16.5. The molecule has 0 spiro atoms. The van der Waals surface area contributed by atoms with Gasteiger partial charge in [-0.3, -0.25) is 15.1 Å². The zero-order chi connectivity index (χ0) is 26.6. The van der Waals surface area contributed by atoms with Gasteiger partial charge in [0.2, 0.25) is 0 Å². The number of anilines is 1. The summed E-state index contributed by atoms with van der Waals surface area (Å²) in [6.07, 6.45) is 5.75. The van der Waals surface area contributed by atoms with Crippen molar-refractivity contribution < 1.29 is 23.8 Å². The normalized spacial score (nSPS) is 16.9. The predicted molar refractivity (Wildman–Crippen MR) is 146 cm³/mol. The average molecular weight is 507 g/mol. The summed E-state index contributed by atoms with van der Waals surface area (Å²) in [5.74, 6) is 0.567. The van der Waals surface area contributed by atoms with E-state index in [1.807, 2.05) is 43.5 Å². The molecule has 2 aromatic rings. The molecule has 0 unspecified atom stereocenters. The summed E-state index contributed by atoms with van der Waals surface area (Å²) < 4.78 is 15.5. The van der Waals surface area contributed by atoms with Gasteiger partial charge in [-0.05, 0) is 48.3 Å². The Kier molecular flexibility index (Phi) is 10.3. The van der Waals surface area contributed by atoms with Gasteiger partial charge in [-0.15, -0.1) is 0 Å². The van der Waals surface area contributed by atoms with Crippen LogP contribution in [-0.2, 0) is 9.47 Å². The van der Waals surface area contributed by atoms with Crippen molar-refractivity contribution >= 4 is 35.0 Å². The van der Waals surface area contributed by atoms with Crippen molar-refractivity contribution in [3.63, 3.8) is 0 Å². The quantitative estimate of drug-likeness (QED) is 0.522. The van der Waals surface area contributed by atoms with Crippen LogP contribution in [0.3, 0.4) is 0 Å². The lowest BCUT2D eigenvalue weighted by atomic mass is 9.97. The maximum atomic E-state index is 13.5. The highest BCUT2D eigenvalue weighted by Crippen LogP contribution is 2.30. The first-order valence-corrected chi connectivity index (χ1v) is 12.1. The molecule has 9 heteroatoms. The van der Waals surface area contributed by atoms with E-state index in [-0.39, 0.29) is 5.91 Å². The van der Waals surface area contributed by atoms with Crippen molar-refractivity contribution in [2.45, 2.75) is 13.3 Å². The van der Waals surface area contributed by atoms with Gasteiger partial charge in [-0.25, -0.2) is 4.79 Å². The van der Waals surface area contributed by atoms with Crippen LogP contribution >= 0.6 is 0 Å². The van der Waals surface area contributed by atoms with Crippen LogP contribution < -0.4 is 15.4 Å². The maximum Gasteiger partial charge on any atom is 0.411 e. The second kappa shape index (κ2) is 13.8. The first-order chi connectivity index (χ1) is 18.0. The number of ether oxygens (including phenoxy) is 3. The molecule has 2 N–H and O–H groups in total. The molecule has 0 saturated carbocycles. The van der Waals surface area contributed by atoms with Crippen molar-refractivity contribution in [1.82, 2.24) is 10.2 Å². The molecule has 2 aromatic carbocycles. The van der Waals surface area contributed by atoms with Crippen molar-refractivity contribution in [3.05, 3.63) is 71.4 Å². The molecule has 0 aliphatic carbocycles. The van der Waals surface area contributed by atoms with Gasteiger partial charge in [-0.2, -0.15) is 0 Å². The first kappa shape index (κ1) is 27.5. The summed E-state index contributed by atoms with van der Waals surface area (Å²) in [4.78, 5) is 31.6. The van der Waals surface area contributed by atoms with Crippen LogP contribution in [0.5, 0.6) is 5.75 Å². The smallest absolute Gasteiger partial charge is 0.411 e. The number of nitrogens with one attached hydrogen (secondary N) is 2. The van der Waals surface area contributed by atoms with Crippen LogP contribution in [0, 0.1) is 0 Å². The monoisotopic (exact) mass is 506 g/mol. The number of amides is 2. The summed E-state index contributed by atoms with van der Waals surface area (Å²) in [5, 5.41) is 5.88. The fourth-order valence-electron chi connectivity index (χ4n) is 3.93. The maximum absolute atomic E-state index is 13.5. The predicted octanol–water partition coefficient (Wildman–Crippen LogP) is 4.43. The molecule has 1 aliphatic rings. The Bertz CT molecular complexity index is 1190. The van der Waals surface area contributed by atoms with Crippen LogP contribution in [0.2, 0.25) is 0 Å². The van der Waals surface area contributed by atoms with E-state index in [2.05, 4.69) is 21.7 Å². The van der Waals surface area contributed by atoms with E-state index in [1.165, 1.54) is 7.11 Å². The van der Waals surface area contributed by atoms with E-state index in [0.29, 0.717) is 44.0 Å². The number of rotatable bonds is 9. The summed E-state index contributed by atoms with van der Waals surface area (Å²) in [5.41, 5.74) is 4.40. The number of aliphatic imine (C=N–C) groups is 1. The van der Waals surface area contributed by atoms with Gasteiger partial charge in [0.05, 0.1) is 32.1 Å². The molecule has 2 amide bonds. The third-order valence-corrected chi connectivity index (χ3v) is 5.92. The molecule has 0 bridgehead atoms. The van der Waals surface area contributed by atoms with E-state index in [0.717, 1.165) is 28.0 Å². The summed E-state index contributed by atoms with van der Waals surface area (Å²) in [6.45, 7) is 3.62. The molecular weight excluding hydrogens is 472 g/mol. The van der Waals surface area contributed by atoms with Crippen LogP contribution in [0.1, 0.15) is 34.8 Å². The molecule has 1 aliphatic heterocycles. The van der Waals surface area contributed by atoms with Crippen molar-refractivity contribution in [2.75, 3.05) is 53.0 Å². The van der Waals surface area contributed by atoms with E-state index >= 15 is 0 Å². The molecule has 1 heterocycles. The van der Waals surface area contributed by atoms with Gasteiger partial charge >= 0.3 is 6.09 Å². The number of carbonyl (C=O) groups is 2. The third kappa shape index (κ3) is 7.20. The minimum Gasteiger partial charge on any atom is -0.496 e. The van der Waals surface area contributed by atoms with Gasteiger partial charge in [0.25, 0.3) is 5.91 Å². The highest BCUT2D eigenvalue weighted by Gasteiger charge is 2.20. The standard InChI is InChI=1S/C28H34N4O5/c1-5-32(14-15-35-2)27(33)24-16-20(12-13-25(24)31-28(34)37-4)21-10-11-22(18-30-19-29-17-21)23-8-6-7-9-26(23)36-3/h6-10,12-13,16-18,30H,5,11,14-15,19H2,1-4H3,(H,31,34)/b21-10+,22-18+,29-17-. The van der Waals surface area contributed by atoms with Gasteiger partial charge < -0.3 is 24.4 Å². The molecule has 0 atom stereocenters. The third-order valence-electron chi connectivity index (χ3n) is 5.92. The molecular formula is C28H34N4O5. The van der Waals surface area contributed by atoms with E-state index in [9.17, 15) is 9.59 Å². The number of para-hydroxylation sites is 1. The lowest BCUT2D eigenvalue weighted by Crippen LogP contribution is -2.34. The fraction of sp³-hybridized carbons (Fsp3) is 0.321. The molecule has 0 fully saturated rings. The van der Waals surface area contributed by atoms with Crippen LogP contribution in [-0.4, -0.2) is 70.8 Å². The number of hydrogen-bond donors (Lipinski definition) is 2. The highest BCUT2D eigenvalue weighted by molar-refractivity contribution is 6.12. The Labute approximate surface area is 217 Å². The minimum atomic E-state index is -0.650. The largest absolute Gasteiger partial charge is 0.496 e. The molecule has 0 aromatic heterocycles. The second-order valence-corrected chi connectivity index (χ2v) is 8.16. The van der Waals surface area contributed by atoms with Crippen molar-refractivity contribution in [1.29, 1.82) is 0 Å². The number of carbonyl (C=O) groups excluding carboxylic acids is 2. The average Bonchev–Trinajstić information content (AvgIpc) is 3.05. The van der Waals surface area contributed by atoms with Gasteiger partial charge in [-0.1, -0.05) is 30.3 Å². The Morgan fingerprint density at radius 2 is 1.95 bits per heavy atom. The minimum absolute atomic E-state index is 0.218. The van der Waals surface area contributed by atoms with E-state index in [4.69, 9.17) is 14.2 Å². The van der Waals surface area contributed by atoms with E-state index < -0.39 is 6.09 Å². The number of nitrogens with zero attached hydrogens (tertiary/aromatic N) is 2. The lowest BCUT2D eigenvalue weighted by Gasteiger charge is -2.22. The van der Waals surface area contributed by atoms with Crippen LogP contribution in [0.15, 0.2) is 59.7 Å². The Hall–Kier alpha value is -4.11. The number of hydrogen-bond acceptors (Lipinski definition) is 7. The molecule has 196 valence electrons. The van der Waals surface area contributed by atoms with Gasteiger partial charge in [0.15, 0.2) is 0 Å². The molecule has 0 radical (unpaired) electrons. The number of benzene rings is 2. The summed E-state index contributed by atoms with van der Waals surface area (Å²) in [6, 6.07) is 13.2. The summed E-state index contributed by atoms with van der Waals surface area (Å²) in [7, 11) is 4.53. The Balaban J connectivity index is 2.01. The molecule has 9 nitrogen and oxygen atoms in total. The molecule has 3 rings (SSSR count). The number of likely N-dealkylation sites (N-methyl/N-ethyl adjacent to an activating group) is 1. The van der Waals surface area contributed by atoms with Crippen molar-refractivity contribution in [3.8, 4) is 5.75 Å². The second-order valence-electron chi connectivity index (χ2n) is 8.16. The number of methoxy groups -OCH3 is 3. The zero-order valence-electron chi connectivity index (χ0n) is 21.7.